The van der Waals surface area contributed by atoms with E-state index in [2.05, 4.69) is 9.97 Å². The second-order valence-electron chi connectivity index (χ2n) is 4.08. The van der Waals surface area contributed by atoms with Crippen LogP contribution in [0.4, 0.5) is 4.39 Å². The van der Waals surface area contributed by atoms with Crippen molar-refractivity contribution < 1.29 is 13.9 Å². The first kappa shape index (κ1) is 13.1. The molecule has 5 heteroatoms. The smallest absolute Gasteiger partial charge is 0.303 e. The molecule has 19 heavy (non-hydrogen) atoms. The van der Waals surface area contributed by atoms with Crippen molar-refractivity contribution in [3.63, 3.8) is 0 Å². The molecule has 0 spiro atoms. The Morgan fingerprint density at radius 2 is 1.79 bits per heavy atom. The highest BCUT2D eigenvalue weighted by Crippen LogP contribution is 2.08. The molecule has 0 aliphatic carbocycles. The minimum absolute atomic E-state index is 0.124. The molecule has 0 saturated heterocycles. The van der Waals surface area contributed by atoms with Gasteiger partial charge in [0.05, 0.1) is 17.6 Å². The van der Waals surface area contributed by atoms with Gasteiger partial charge in [-0.25, -0.2) is 4.39 Å². The Morgan fingerprint density at radius 3 is 2.37 bits per heavy atom. The van der Waals surface area contributed by atoms with Crippen LogP contribution < -0.4 is 0 Å². The lowest BCUT2D eigenvalue weighted by Gasteiger charge is -2.03. The highest BCUT2D eigenvalue weighted by Gasteiger charge is 2.02. The van der Waals surface area contributed by atoms with Crippen molar-refractivity contribution in [2.24, 2.45) is 0 Å². The van der Waals surface area contributed by atoms with Gasteiger partial charge in [-0.15, -0.1) is 0 Å². The molecule has 0 fully saturated rings. The minimum Gasteiger partial charge on any atom is -0.459 e. The first-order valence-corrected chi connectivity index (χ1v) is 5.81. The van der Waals surface area contributed by atoms with Gasteiger partial charge in [0, 0.05) is 19.5 Å². The van der Waals surface area contributed by atoms with Gasteiger partial charge in [0.1, 0.15) is 12.4 Å². The first-order chi connectivity index (χ1) is 9.13. The van der Waals surface area contributed by atoms with Crippen LogP contribution in [0.3, 0.4) is 0 Å². The van der Waals surface area contributed by atoms with Crippen LogP contribution >= 0.6 is 0 Å². The summed E-state index contributed by atoms with van der Waals surface area (Å²) in [6, 6.07) is 6.25. The third-order valence-electron chi connectivity index (χ3n) is 2.48. The maximum Gasteiger partial charge on any atom is 0.303 e. The molecule has 0 aliphatic heterocycles. The number of halogens is 1. The van der Waals surface area contributed by atoms with Crippen molar-refractivity contribution in [3.8, 4) is 0 Å². The summed E-state index contributed by atoms with van der Waals surface area (Å²) in [5.41, 5.74) is 2.33. The Kier molecular flexibility index (Phi) is 4.18. The van der Waals surface area contributed by atoms with Crippen molar-refractivity contribution >= 4 is 5.97 Å². The van der Waals surface area contributed by atoms with E-state index in [0.717, 1.165) is 11.3 Å². The fourth-order valence-electron chi connectivity index (χ4n) is 1.53. The molecule has 4 nitrogen and oxygen atoms in total. The molecule has 1 heterocycles. The Labute approximate surface area is 110 Å². The zero-order valence-electron chi connectivity index (χ0n) is 10.5. The summed E-state index contributed by atoms with van der Waals surface area (Å²) in [7, 11) is 0. The number of ether oxygens (including phenoxy) is 1. The number of esters is 1. The molecular weight excluding hydrogens is 247 g/mol. The average Bonchev–Trinajstić information content (AvgIpc) is 2.40. The van der Waals surface area contributed by atoms with Gasteiger partial charge in [-0.1, -0.05) is 12.1 Å². The van der Waals surface area contributed by atoms with E-state index in [4.69, 9.17) is 4.74 Å². The summed E-state index contributed by atoms with van der Waals surface area (Å²) in [6.45, 7) is 1.47. The number of carbonyl (C=O) groups is 1. The van der Waals surface area contributed by atoms with Crippen molar-refractivity contribution in [1.82, 2.24) is 9.97 Å². The number of nitrogens with zero attached hydrogens (tertiary/aromatic N) is 2. The molecule has 0 bridgehead atoms. The van der Waals surface area contributed by atoms with Crippen LogP contribution in [0.1, 0.15) is 23.9 Å². The molecule has 0 amide bonds. The largest absolute Gasteiger partial charge is 0.459 e. The molecule has 2 rings (SSSR count). The maximum absolute atomic E-state index is 12.8. The molecule has 0 N–H and O–H groups in total. The van der Waals surface area contributed by atoms with Crippen LogP contribution in [0.5, 0.6) is 0 Å². The van der Waals surface area contributed by atoms with Gasteiger partial charge < -0.3 is 4.74 Å². The van der Waals surface area contributed by atoms with Crippen molar-refractivity contribution in [2.75, 3.05) is 0 Å². The number of benzene rings is 1. The Hall–Kier alpha value is -2.30. The summed E-state index contributed by atoms with van der Waals surface area (Å²) < 4.78 is 17.6. The van der Waals surface area contributed by atoms with Gasteiger partial charge in [0.25, 0.3) is 0 Å². The monoisotopic (exact) mass is 260 g/mol. The lowest BCUT2D eigenvalue weighted by Crippen LogP contribution is -2.02. The quantitative estimate of drug-likeness (QED) is 0.791. The molecule has 0 unspecified atom stereocenters. The second-order valence-corrected chi connectivity index (χ2v) is 4.08. The summed E-state index contributed by atoms with van der Waals surface area (Å²) >= 11 is 0. The fraction of sp³-hybridized carbons (Fsp3) is 0.214. The predicted molar refractivity (Wildman–Crippen MR) is 66.7 cm³/mol. The average molecular weight is 260 g/mol. The summed E-state index contributed by atoms with van der Waals surface area (Å²) in [5.74, 6) is -0.608. The van der Waals surface area contributed by atoms with Crippen molar-refractivity contribution in [3.05, 3.63) is 59.4 Å². The van der Waals surface area contributed by atoms with Crippen LogP contribution in [-0.4, -0.2) is 15.9 Å². The number of rotatable bonds is 4. The highest BCUT2D eigenvalue weighted by molar-refractivity contribution is 5.65. The topological polar surface area (TPSA) is 52.1 Å². The van der Waals surface area contributed by atoms with E-state index in [9.17, 15) is 9.18 Å². The fourth-order valence-corrected chi connectivity index (χ4v) is 1.53. The van der Waals surface area contributed by atoms with Crippen LogP contribution in [-0.2, 0) is 22.6 Å². The number of aromatic nitrogens is 2. The number of hydrogen-bond acceptors (Lipinski definition) is 4. The van der Waals surface area contributed by atoms with E-state index in [1.165, 1.54) is 19.1 Å². The summed E-state index contributed by atoms with van der Waals surface area (Å²) in [4.78, 5) is 19.0. The molecule has 98 valence electrons. The molecular formula is C14H13FN2O2. The summed E-state index contributed by atoms with van der Waals surface area (Å²) in [5, 5.41) is 0. The lowest BCUT2D eigenvalue weighted by atomic mass is 10.1. The van der Waals surface area contributed by atoms with E-state index >= 15 is 0 Å². The third-order valence-corrected chi connectivity index (χ3v) is 2.48. The van der Waals surface area contributed by atoms with Gasteiger partial charge in [0.2, 0.25) is 0 Å². The molecule has 1 aromatic heterocycles. The zero-order valence-corrected chi connectivity index (χ0v) is 10.5. The van der Waals surface area contributed by atoms with E-state index in [-0.39, 0.29) is 18.4 Å². The molecule has 2 aromatic rings. The number of hydrogen-bond donors (Lipinski definition) is 0. The second kappa shape index (κ2) is 6.04. The van der Waals surface area contributed by atoms with E-state index in [1.54, 1.807) is 24.5 Å². The predicted octanol–water partition coefficient (Wildman–Crippen LogP) is 2.27. The first-order valence-electron chi connectivity index (χ1n) is 5.81. The molecule has 0 radical (unpaired) electrons. The van der Waals surface area contributed by atoms with Crippen molar-refractivity contribution in [1.29, 1.82) is 0 Å². The normalized spacial score (nSPS) is 10.2. The van der Waals surface area contributed by atoms with Crippen LogP contribution in [0.15, 0.2) is 36.7 Å². The standard InChI is InChI=1S/C14H13FN2O2/c1-10(18)19-9-14-8-16-13(7-17-14)6-11-2-4-12(15)5-3-11/h2-5,7-8H,6,9H2,1H3. The molecule has 0 saturated carbocycles. The van der Waals surface area contributed by atoms with Gasteiger partial charge in [-0.3, -0.25) is 14.8 Å². The number of carbonyl (C=O) groups excluding carboxylic acids is 1. The Balaban J connectivity index is 1.98. The minimum atomic E-state index is -0.350. The highest BCUT2D eigenvalue weighted by atomic mass is 19.1. The van der Waals surface area contributed by atoms with Crippen LogP contribution in [0.2, 0.25) is 0 Å². The Morgan fingerprint density at radius 1 is 1.16 bits per heavy atom. The van der Waals surface area contributed by atoms with Gasteiger partial charge in [-0.2, -0.15) is 0 Å². The Bertz CT molecular complexity index is 553. The summed E-state index contributed by atoms with van der Waals surface area (Å²) in [6.07, 6.45) is 3.78. The third kappa shape index (κ3) is 4.13. The van der Waals surface area contributed by atoms with Crippen LogP contribution in [0.25, 0.3) is 0 Å². The molecule has 1 aromatic carbocycles. The SMILES string of the molecule is CC(=O)OCc1cnc(Cc2ccc(F)cc2)cn1. The molecule has 0 aliphatic rings. The maximum atomic E-state index is 12.8. The van der Waals surface area contributed by atoms with E-state index in [0.29, 0.717) is 12.1 Å². The van der Waals surface area contributed by atoms with E-state index in [1.807, 2.05) is 0 Å². The van der Waals surface area contributed by atoms with Gasteiger partial charge >= 0.3 is 5.97 Å². The van der Waals surface area contributed by atoms with Crippen molar-refractivity contribution in [2.45, 2.75) is 20.0 Å². The van der Waals surface area contributed by atoms with Gasteiger partial charge in [0.15, 0.2) is 0 Å². The van der Waals surface area contributed by atoms with Gasteiger partial charge in [-0.05, 0) is 17.7 Å². The van der Waals surface area contributed by atoms with E-state index < -0.39 is 0 Å². The van der Waals surface area contributed by atoms with Crippen LogP contribution in [0, 0.1) is 5.82 Å². The molecule has 0 atom stereocenters. The zero-order chi connectivity index (χ0) is 13.7. The lowest BCUT2D eigenvalue weighted by molar-refractivity contribution is -0.142.